The first-order valence-corrected chi connectivity index (χ1v) is 14.6. The third-order valence-corrected chi connectivity index (χ3v) is 7.93. The predicted molar refractivity (Wildman–Crippen MR) is 165 cm³/mol. The largest absolute Gasteiger partial charge is 0.496 e. The molecule has 0 spiro atoms. The molecule has 0 aliphatic carbocycles. The van der Waals surface area contributed by atoms with E-state index in [1.807, 2.05) is 29.2 Å². The van der Waals surface area contributed by atoms with Crippen LogP contribution in [0.3, 0.4) is 0 Å². The Morgan fingerprint density at radius 3 is 2.24 bits per heavy atom. The first kappa shape index (κ1) is 30.7. The van der Waals surface area contributed by atoms with Crippen LogP contribution in [-0.2, 0) is 13.1 Å². The van der Waals surface area contributed by atoms with Crippen molar-refractivity contribution in [3.05, 3.63) is 65.1 Å². The summed E-state index contributed by atoms with van der Waals surface area (Å²) >= 11 is 7.68. The Kier molecular flexibility index (Phi) is 10.2. The molecule has 3 aromatic rings. The molecule has 0 unspecified atom stereocenters. The monoisotopic (exact) mass is 599 g/mol. The van der Waals surface area contributed by atoms with Crippen LogP contribution in [0.25, 0.3) is 0 Å². The molecular weight excluding hydrogens is 562 g/mol. The standard InChI is InChI=1S/C30H38ClN5O4S/c1-30(2,3)41-29(37)35-12-10-34(11-13-35)18-21-8-7-9-22(14-21)36(28-17-27(31)32-20-33-28)19-24-25(39-5)15-23(38-4)16-26(24)40-6/h7-9,14-17,20H,10-13,18-19H2,1-6H3. The highest BCUT2D eigenvalue weighted by Crippen LogP contribution is 2.38. The molecule has 11 heteroatoms. The molecule has 220 valence electrons. The zero-order valence-corrected chi connectivity index (χ0v) is 26.1. The van der Waals surface area contributed by atoms with E-state index in [9.17, 15) is 4.79 Å². The third-order valence-electron chi connectivity index (χ3n) is 6.68. The smallest absolute Gasteiger partial charge is 0.282 e. The van der Waals surface area contributed by atoms with Gasteiger partial charge in [0.05, 0.1) is 33.4 Å². The van der Waals surface area contributed by atoms with Gasteiger partial charge in [-0.05, 0) is 17.7 Å². The Morgan fingerprint density at radius 2 is 1.66 bits per heavy atom. The van der Waals surface area contributed by atoms with E-state index in [-0.39, 0.29) is 9.99 Å². The number of benzene rings is 2. The number of carbonyl (C=O) groups is 1. The summed E-state index contributed by atoms with van der Waals surface area (Å²) in [5, 5.41) is 0.504. The fourth-order valence-electron chi connectivity index (χ4n) is 4.66. The second-order valence-corrected chi connectivity index (χ2v) is 12.9. The number of piperazine rings is 1. The van der Waals surface area contributed by atoms with Gasteiger partial charge in [0.1, 0.15) is 34.5 Å². The molecular formula is C30H38ClN5O4S. The van der Waals surface area contributed by atoms with Gasteiger partial charge in [0.15, 0.2) is 0 Å². The Labute approximate surface area is 251 Å². The van der Waals surface area contributed by atoms with E-state index in [1.165, 1.54) is 18.1 Å². The number of nitrogens with zero attached hydrogens (tertiary/aromatic N) is 5. The molecule has 2 aromatic carbocycles. The summed E-state index contributed by atoms with van der Waals surface area (Å²) in [7, 11) is 4.86. The van der Waals surface area contributed by atoms with Crippen molar-refractivity contribution in [2.45, 2.75) is 38.6 Å². The van der Waals surface area contributed by atoms with Gasteiger partial charge in [-0.2, -0.15) is 0 Å². The van der Waals surface area contributed by atoms with E-state index in [0.29, 0.717) is 34.8 Å². The van der Waals surface area contributed by atoms with Crippen molar-refractivity contribution in [3.63, 3.8) is 0 Å². The summed E-state index contributed by atoms with van der Waals surface area (Å²) in [6.45, 7) is 10.5. The number of halogens is 1. The summed E-state index contributed by atoms with van der Waals surface area (Å²) in [5.41, 5.74) is 2.93. The molecule has 9 nitrogen and oxygen atoms in total. The number of aromatic nitrogens is 2. The van der Waals surface area contributed by atoms with Crippen LogP contribution in [0, 0.1) is 0 Å². The number of anilines is 2. The molecule has 4 rings (SSSR count). The van der Waals surface area contributed by atoms with Crippen molar-refractivity contribution in [2.24, 2.45) is 0 Å². The summed E-state index contributed by atoms with van der Waals surface area (Å²) in [5.74, 6) is 2.56. The van der Waals surface area contributed by atoms with Crippen LogP contribution in [-0.4, -0.2) is 77.3 Å². The highest BCUT2D eigenvalue weighted by atomic mass is 35.5. The van der Waals surface area contributed by atoms with Gasteiger partial charge in [-0.15, -0.1) is 0 Å². The summed E-state index contributed by atoms with van der Waals surface area (Å²) in [6.07, 6.45) is 1.45. The van der Waals surface area contributed by atoms with Gasteiger partial charge in [0.25, 0.3) is 5.24 Å². The molecule has 0 radical (unpaired) electrons. The van der Waals surface area contributed by atoms with Crippen LogP contribution in [0.4, 0.5) is 16.3 Å². The molecule has 1 fully saturated rings. The first-order chi connectivity index (χ1) is 19.6. The van der Waals surface area contributed by atoms with Crippen molar-refractivity contribution in [1.29, 1.82) is 0 Å². The number of thioether (sulfide) groups is 1. The fourth-order valence-corrected chi connectivity index (χ4v) is 5.64. The molecule has 1 amide bonds. The zero-order valence-electron chi connectivity index (χ0n) is 24.5. The second-order valence-electron chi connectivity index (χ2n) is 10.7. The van der Waals surface area contributed by atoms with Crippen molar-refractivity contribution < 1.29 is 19.0 Å². The number of ether oxygens (including phenoxy) is 3. The molecule has 0 saturated carbocycles. The number of carbonyl (C=O) groups excluding carboxylic acids is 1. The molecule has 1 aromatic heterocycles. The van der Waals surface area contributed by atoms with Crippen LogP contribution in [0.1, 0.15) is 31.9 Å². The molecule has 1 saturated heterocycles. The molecule has 2 heterocycles. The average Bonchev–Trinajstić information content (AvgIpc) is 2.95. The Hall–Kier alpha value is -3.21. The van der Waals surface area contributed by atoms with Crippen LogP contribution in [0.5, 0.6) is 17.2 Å². The molecule has 0 atom stereocenters. The lowest BCUT2D eigenvalue weighted by atomic mass is 10.1. The number of hydrogen-bond donors (Lipinski definition) is 0. The van der Waals surface area contributed by atoms with Gasteiger partial charge in [0.2, 0.25) is 0 Å². The van der Waals surface area contributed by atoms with Gasteiger partial charge in [-0.25, -0.2) is 9.97 Å². The van der Waals surface area contributed by atoms with Crippen molar-refractivity contribution in [1.82, 2.24) is 19.8 Å². The highest BCUT2D eigenvalue weighted by molar-refractivity contribution is 8.14. The summed E-state index contributed by atoms with van der Waals surface area (Å²) < 4.78 is 16.8. The number of amides is 1. The van der Waals surface area contributed by atoms with Gasteiger partial charge in [-0.1, -0.05) is 56.3 Å². The van der Waals surface area contributed by atoms with Gasteiger partial charge >= 0.3 is 0 Å². The maximum absolute atomic E-state index is 12.7. The van der Waals surface area contributed by atoms with E-state index < -0.39 is 0 Å². The maximum Gasteiger partial charge on any atom is 0.282 e. The Balaban J connectivity index is 1.57. The lowest BCUT2D eigenvalue weighted by Gasteiger charge is -2.35. The van der Waals surface area contributed by atoms with E-state index in [1.54, 1.807) is 27.4 Å². The van der Waals surface area contributed by atoms with E-state index >= 15 is 0 Å². The summed E-state index contributed by atoms with van der Waals surface area (Å²) in [4.78, 5) is 27.7. The van der Waals surface area contributed by atoms with Gasteiger partial charge in [0, 0.05) is 61.4 Å². The number of methoxy groups -OCH3 is 3. The van der Waals surface area contributed by atoms with Crippen molar-refractivity contribution in [2.75, 3.05) is 52.4 Å². The minimum atomic E-state index is -0.0890. The average molecular weight is 600 g/mol. The minimum Gasteiger partial charge on any atom is -0.496 e. The summed E-state index contributed by atoms with van der Waals surface area (Å²) in [6, 6.07) is 13.8. The van der Waals surface area contributed by atoms with Gasteiger partial charge < -0.3 is 24.0 Å². The SMILES string of the molecule is COc1cc(OC)c(CN(c2cccc(CN3CCN(C(=O)SC(C)(C)C)CC3)c2)c2cc(Cl)ncn2)c(OC)c1. The minimum absolute atomic E-state index is 0.0890. The van der Waals surface area contributed by atoms with Crippen molar-refractivity contribution in [3.8, 4) is 17.2 Å². The van der Waals surface area contributed by atoms with Crippen LogP contribution in [0.2, 0.25) is 5.15 Å². The van der Waals surface area contributed by atoms with Crippen LogP contribution >= 0.6 is 23.4 Å². The predicted octanol–water partition coefficient (Wildman–Crippen LogP) is 6.26. The molecule has 0 N–H and O–H groups in total. The molecule has 41 heavy (non-hydrogen) atoms. The molecule has 0 bridgehead atoms. The first-order valence-electron chi connectivity index (χ1n) is 13.4. The Morgan fingerprint density at radius 1 is 0.976 bits per heavy atom. The fraction of sp³-hybridized carbons (Fsp3) is 0.433. The number of rotatable bonds is 9. The number of hydrogen-bond acceptors (Lipinski definition) is 9. The lowest BCUT2D eigenvalue weighted by molar-refractivity contribution is 0.149. The third kappa shape index (κ3) is 8.18. The highest BCUT2D eigenvalue weighted by Gasteiger charge is 2.26. The van der Waals surface area contributed by atoms with Gasteiger partial charge in [-0.3, -0.25) is 9.69 Å². The lowest BCUT2D eigenvalue weighted by Crippen LogP contribution is -2.47. The second kappa shape index (κ2) is 13.6. The van der Waals surface area contributed by atoms with Crippen LogP contribution in [0.15, 0.2) is 48.8 Å². The van der Waals surface area contributed by atoms with Crippen molar-refractivity contribution >= 4 is 40.1 Å². The van der Waals surface area contributed by atoms with E-state index in [4.69, 9.17) is 25.8 Å². The normalized spacial score (nSPS) is 14.1. The van der Waals surface area contributed by atoms with E-state index in [2.05, 4.69) is 52.7 Å². The molecule has 1 aliphatic heterocycles. The Bertz CT molecular complexity index is 1320. The maximum atomic E-state index is 12.7. The quantitative estimate of drug-likeness (QED) is 0.265. The van der Waals surface area contributed by atoms with E-state index in [0.717, 1.165) is 49.5 Å². The molecule has 1 aliphatic rings. The zero-order chi connectivity index (χ0) is 29.6. The topological polar surface area (TPSA) is 80.3 Å². The van der Waals surface area contributed by atoms with Crippen LogP contribution < -0.4 is 19.1 Å².